The lowest BCUT2D eigenvalue weighted by Gasteiger charge is -2.02. The predicted octanol–water partition coefficient (Wildman–Crippen LogP) is 3.26. The predicted molar refractivity (Wildman–Crippen MR) is 76.5 cm³/mol. The highest BCUT2D eigenvalue weighted by atomic mass is 79.9. The molecule has 0 radical (unpaired) electrons. The molecule has 0 amide bonds. The smallest absolute Gasteiger partial charge is 0.162 e. The van der Waals surface area contributed by atoms with Crippen molar-refractivity contribution in [2.75, 3.05) is 6.54 Å². The molecule has 0 saturated carbocycles. The first-order valence-corrected chi connectivity index (χ1v) is 7.04. The second-order valence-corrected chi connectivity index (χ2v) is 5.10. The second-order valence-electron chi connectivity index (χ2n) is 4.19. The molecule has 0 unspecified atom stereocenters. The molecule has 1 aromatic heterocycles. The number of halogens is 1. The monoisotopic (exact) mass is 324 g/mol. The molecule has 0 atom stereocenters. The maximum atomic E-state index is 5.60. The van der Waals surface area contributed by atoms with Crippen molar-refractivity contribution in [3.05, 3.63) is 51.8 Å². The van der Waals surface area contributed by atoms with E-state index in [1.54, 1.807) is 0 Å². The van der Waals surface area contributed by atoms with E-state index in [0.29, 0.717) is 13.2 Å². The molecule has 2 aromatic rings. The van der Waals surface area contributed by atoms with E-state index < -0.39 is 0 Å². The molecule has 19 heavy (non-hydrogen) atoms. The van der Waals surface area contributed by atoms with Crippen molar-refractivity contribution in [2.24, 2.45) is 0 Å². The minimum absolute atomic E-state index is 0.436. The molecule has 0 saturated heterocycles. The van der Waals surface area contributed by atoms with Crippen LogP contribution in [0.25, 0.3) is 0 Å². The van der Waals surface area contributed by atoms with Gasteiger partial charge in [0.25, 0.3) is 0 Å². The third-order valence-corrected chi connectivity index (χ3v) is 3.06. The number of nitrogens with one attached hydrogen (secondary N) is 1. The lowest BCUT2D eigenvalue weighted by molar-refractivity contribution is 0.0883. The van der Waals surface area contributed by atoms with Crippen molar-refractivity contribution in [2.45, 2.75) is 26.7 Å². The van der Waals surface area contributed by atoms with Crippen molar-refractivity contribution >= 4 is 15.9 Å². The van der Waals surface area contributed by atoms with E-state index in [2.05, 4.69) is 33.3 Å². The quantitative estimate of drug-likeness (QED) is 0.849. The van der Waals surface area contributed by atoms with Crippen LogP contribution in [-0.4, -0.2) is 11.7 Å². The number of ether oxygens (including phenoxy) is 1. The van der Waals surface area contributed by atoms with Gasteiger partial charge in [-0.15, -0.1) is 0 Å². The highest BCUT2D eigenvalue weighted by Gasteiger charge is 2.04. The molecule has 0 aliphatic heterocycles. The zero-order chi connectivity index (χ0) is 13.5. The number of benzene rings is 1. The summed E-state index contributed by atoms with van der Waals surface area (Å²) < 4.78 is 11.9. The summed E-state index contributed by atoms with van der Waals surface area (Å²) in [6.07, 6.45) is 0. The summed E-state index contributed by atoms with van der Waals surface area (Å²) in [6.45, 7) is 4.70. The summed E-state index contributed by atoms with van der Waals surface area (Å²) in [5.41, 5.74) is 2.03. The average Bonchev–Trinajstić information content (AvgIpc) is 2.84. The zero-order valence-electron chi connectivity index (χ0n) is 10.9. The lowest BCUT2D eigenvalue weighted by Crippen LogP contribution is -2.11. The Morgan fingerprint density at radius 3 is 3.00 bits per heavy atom. The Kier molecular flexibility index (Phi) is 5.57. The summed E-state index contributed by atoms with van der Waals surface area (Å²) in [5.74, 6) is 0.753. The Morgan fingerprint density at radius 2 is 2.21 bits per heavy atom. The van der Waals surface area contributed by atoms with E-state index in [1.165, 1.54) is 0 Å². The van der Waals surface area contributed by atoms with Gasteiger partial charge in [-0.05, 0) is 24.2 Å². The van der Waals surface area contributed by atoms with Gasteiger partial charge in [-0.1, -0.05) is 40.1 Å². The van der Waals surface area contributed by atoms with E-state index in [9.17, 15) is 0 Å². The summed E-state index contributed by atoms with van der Waals surface area (Å²) in [4.78, 5) is 0. The SMILES string of the molecule is CCNCc1cc(COCc2cccc(Br)c2)on1. The Labute approximate surface area is 121 Å². The van der Waals surface area contributed by atoms with Gasteiger partial charge in [-0.3, -0.25) is 0 Å². The third-order valence-electron chi connectivity index (χ3n) is 2.57. The molecule has 1 N–H and O–H groups in total. The first-order chi connectivity index (χ1) is 9.28. The number of rotatable bonds is 7. The number of hydrogen-bond donors (Lipinski definition) is 1. The van der Waals surface area contributed by atoms with E-state index in [-0.39, 0.29) is 0 Å². The molecule has 0 aliphatic rings. The number of nitrogens with zero attached hydrogens (tertiary/aromatic N) is 1. The van der Waals surface area contributed by atoms with Crippen LogP contribution in [0.4, 0.5) is 0 Å². The van der Waals surface area contributed by atoms with Gasteiger partial charge in [0.15, 0.2) is 5.76 Å². The van der Waals surface area contributed by atoms with Gasteiger partial charge in [0.05, 0.1) is 12.3 Å². The van der Waals surface area contributed by atoms with Gasteiger partial charge in [0.1, 0.15) is 6.61 Å². The zero-order valence-corrected chi connectivity index (χ0v) is 12.4. The fourth-order valence-electron chi connectivity index (χ4n) is 1.66. The highest BCUT2D eigenvalue weighted by Crippen LogP contribution is 2.13. The van der Waals surface area contributed by atoms with Crippen LogP contribution in [0.5, 0.6) is 0 Å². The molecule has 102 valence electrons. The van der Waals surface area contributed by atoms with Gasteiger partial charge in [0.2, 0.25) is 0 Å². The Bertz CT molecular complexity index is 514. The fourth-order valence-corrected chi connectivity index (χ4v) is 2.10. The van der Waals surface area contributed by atoms with Crippen molar-refractivity contribution in [1.29, 1.82) is 0 Å². The van der Waals surface area contributed by atoms with Crippen LogP contribution in [0.3, 0.4) is 0 Å². The topological polar surface area (TPSA) is 47.3 Å². The van der Waals surface area contributed by atoms with Gasteiger partial charge >= 0.3 is 0 Å². The molecule has 4 nitrogen and oxygen atoms in total. The minimum atomic E-state index is 0.436. The van der Waals surface area contributed by atoms with Crippen LogP contribution in [0.15, 0.2) is 39.3 Å². The molecule has 1 aromatic carbocycles. The highest BCUT2D eigenvalue weighted by molar-refractivity contribution is 9.10. The first-order valence-electron chi connectivity index (χ1n) is 6.25. The van der Waals surface area contributed by atoms with Crippen LogP contribution in [0.1, 0.15) is 23.9 Å². The van der Waals surface area contributed by atoms with Crippen molar-refractivity contribution < 1.29 is 9.26 Å². The number of aromatic nitrogens is 1. The summed E-state index contributed by atoms with van der Waals surface area (Å²) >= 11 is 3.44. The molecule has 2 rings (SSSR count). The summed E-state index contributed by atoms with van der Waals surface area (Å²) in [7, 11) is 0. The van der Waals surface area contributed by atoms with Crippen molar-refractivity contribution in [3.63, 3.8) is 0 Å². The van der Waals surface area contributed by atoms with Gasteiger partial charge < -0.3 is 14.6 Å². The van der Waals surface area contributed by atoms with Crippen LogP contribution in [0.2, 0.25) is 0 Å². The van der Waals surface area contributed by atoms with E-state index in [0.717, 1.165) is 34.6 Å². The maximum Gasteiger partial charge on any atom is 0.162 e. The van der Waals surface area contributed by atoms with Crippen molar-refractivity contribution in [1.82, 2.24) is 10.5 Å². The van der Waals surface area contributed by atoms with Crippen LogP contribution < -0.4 is 5.32 Å². The van der Waals surface area contributed by atoms with Gasteiger partial charge in [-0.25, -0.2) is 0 Å². The molecule has 0 aliphatic carbocycles. The van der Waals surface area contributed by atoms with Crippen LogP contribution >= 0.6 is 15.9 Å². The maximum absolute atomic E-state index is 5.60. The normalized spacial score (nSPS) is 10.8. The Balaban J connectivity index is 1.77. The van der Waals surface area contributed by atoms with E-state index in [1.807, 2.05) is 30.3 Å². The first kappa shape index (κ1) is 14.2. The van der Waals surface area contributed by atoms with E-state index in [4.69, 9.17) is 9.26 Å². The Morgan fingerprint density at radius 1 is 1.32 bits per heavy atom. The van der Waals surface area contributed by atoms with Gasteiger partial charge in [-0.2, -0.15) is 0 Å². The lowest BCUT2D eigenvalue weighted by atomic mass is 10.2. The van der Waals surface area contributed by atoms with Crippen LogP contribution in [-0.2, 0) is 24.5 Å². The van der Waals surface area contributed by atoms with E-state index >= 15 is 0 Å². The molecule has 1 heterocycles. The average molecular weight is 325 g/mol. The largest absolute Gasteiger partial charge is 0.369 e. The summed E-state index contributed by atoms with van der Waals surface area (Å²) in [6, 6.07) is 9.97. The summed E-state index contributed by atoms with van der Waals surface area (Å²) in [5, 5.41) is 7.17. The molecule has 0 bridgehead atoms. The fraction of sp³-hybridized carbons (Fsp3) is 0.357. The molecule has 0 spiro atoms. The molecular formula is C14H17BrN2O2. The molecule has 0 fully saturated rings. The van der Waals surface area contributed by atoms with Gasteiger partial charge in [0, 0.05) is 17.1 Å². The Hall–Kier alpha value is -1.17. The molecular weight excluding hydrogens is 308 g/mol. The number of hydrogen-bond acceptors (Lipinski definition) is 4. The van der Waals surface area contributed by atoms with Crippen LogP contribution in [0, 0.1) is 0 Å². The second kappa shape index (κ2) is 7.43. The standard InChI is InChI=1S/C14H17BrN2O2/c1-2-16-8-13-7-14(19-17-13)10-18-9-11-4-3-5-12(15)6-11/h3-7,16H,2,8-10H2,1H3. The van der Waals surface area contributed by atoms with Crippen molar-refractivity contribution in [3.8, 4) is 0 Å². The third kappa shape index (κ3) is 4.78. The minimum Gasteiger partial charge on any atom is -0.369 e. The molecule has 5 heteroatoms.